The highest BCUT2D eigenvalue weighted by atomic mass is 16.2. The van der Waals surface area contributed by atoms with E-state index >= 15 is 0 Å². The number of likely N-dealkylation sites (tertiary alicyclic amines) is 1. The van der Waals surface area contributed by atoms with Crippen LogP contribution in [0.1, 0.15) is 46.2 Å². The molecule has 1 amide bonds. The van der Waals surface area contributed by atoms with E-state index in [1.807, 2.05) is 11.0 Å². The van der Waals surface area contributed by atoms with Crippen LogP contribution in [0.4, 0.5) is 11.8 Å². The van der Waals surface area contributed by atoms with E-state index in [2.05, 4.69) is 36.1 Å². The average molecular weight is 305 g/mol. The second-order valence-corrected chi connectivity index (χ2v) is 7.08. The number of aromatic nitrogens is 2. The fourth-order valence-corrected chi connectivity index (χ4v) is 2.62. The maximum absolute atomic E-state index is 11.3. The third kappa shape index (κ3) is 4.32. The van der Waals surface area contributed by atoms with Gasteiger partial charge in [-0.15, -0.1) is 0 Å². The van der Waals surface area contributed by atoms with Crippen LogP contribution in [0.25, 0.3) is 0 Å². The summed E-state index contributed by atoms with van der Waals surface area (Å²) in [6.07, 6.45) is 2.03. The van der Waals surface area contributed by atoms with Crippen molar-refractivity contribution in [2.45, 2.75) is 46.0 Å². The number of nitrogens with two attached hydrogens (primary N) is 1. The number of amides is 1. The highest BCUT2D eigenvalue weighted by Crippen LogP contribution is 2.23. The smallest absolute Gasteiger partial charge is 0.224 e. The number of hydrogen-bond acceptors (Lipinski definition) is 5. The quantitative estimate of drug-likeness (QED) is 0.892. The lowest BCUT2D eigenvalue weighted by molar-refractivity contribution is -0.130. The molecule has 3 N–H and O–H groups in total. The van der Waals surface area contributed by atoms with Crippen molar-refractivity contribution in [3.8, 4) is 0 Å². The first-order valence-corrected chi connectivity index (χ1v) is 7.90. The molecule has 6 heteroatoms. The normalized spacial score (nSPS) is 16.6. The molecule has 1 saturated heterocycles. The van der Waals surface area contributed by atoms with Gasteiger partial charge in [-0.05, 0) is 18.8 Å². The van der Waals surface area contributed by atoms with Crippen molar-refractivity contribution < 1.29 is 4.79 Å². The van der Waals surface area contributed by atoms with Gasteiger partial charge in [0.1, 0.15) is 5.82 Å². The summed E-state index contributed by atoms with van der Waals surface area (Å²) in [6.45, 7) is 10.5. The minimum Gasteiger partial charge on any atom is -0.384 e. The molecule has 122 valence electrons. The van der Waals surface area contributed by atoms with Crippen LogP contribution in [-0.2, 0) is 10.2 Å². The largest absolute Gasteiger partial charge is 0.384 e. The average Bonchev–Trinajstić information content (AvgIpc) is 2.44. The summed E-state index contributed by atoms with van der Waals surface area (Å²) < 4.78 is 0. The van der Waals surface area contributed by atoms with Gasteiger partial charge in [0.2, 0.25) is 11.9 Å². The first-order valence-electron chi connectivity index (χ1n) is 7.90. The summed E-state index contributed by atoms with van der Waals surface area (Å²) in [6, 6.07) is 1.83. The monoisotopic (exact) mass is 305 g/mol. The van der Waals surface area contributed by atoms with Crippen LogP contribution >= 0.6 is 0 Å². The molecule has 6 nitrogen and oxygen atoms in total. The molecule has 1 aromatic heterocycles. The second kappa shape index (κ2) is 6.50. The number of hydrogen-bond donors (Lipinski definition) is 2. The third-order valence-corrected chi connectivity index (χ3v) is 4.12. The molecule has 0 unspecified atom stereocenters. The van der Waals surface area contributed by atoms with E-state index in [-0.39, 0.29) is 11.3 Å². The Balaban J connectivity index is 1.92. The summed E-state index contributed by atoms with van der Waals surface area (Å²) in [4.78, 5) is 22.1. The van der Waals surface area contributed by atoms with Crippen molar-refractivity contribution in [2.75, 3.05) is 30.7 Å². The molecular weight excluding hydrogens is 278 g/mol. The van der Waals surface area contributed by atoms with Crippen LogP contribution in [-0.4, -0.2) is 40.4 Å². The van der Waals surface area contributed by atoms with Crippen molar-refractivity contribution in [2.24, 2.45) is 5.92 Å². The lowest BCUT2D eigenvalue weighted by Gasteiger charge is -2.31. The van der Waals surface area contributed by atoms with Gasteiger partial charge in [0.05, 0.1) is 5.69 Å². The SMILES string of the molecule is CC(=O)N1CCC(CNc2nc(N)cc(C(C)(C)C)n2)CC1. The number of nitrogens with one attached hydrogen (secondary N) is 1. The lowest BCUT2D eigenvalue weighted by Crippen LogP contribution is -2.38. The van der Waals surface area contributed by atoms with Crippen LogP contribution in [0.2, 0.25) is 0 Å². The number of rotatable bonds is 3. The van der Waals surface area contributed by atoms with Gasteiger partial charge < -0.3 is 16.0 Å². The zero-order valence-electron chi connectivity index (χ0n) is 14.0. The highest BCUT2D eigenvalue weighted by molar-refractivity contribution is 5.73. The fraction of sp³-hybridized carbons (Fsp3) is 0.688. The minimum absolute atomic E-state index is 0.0552. The Morgan fingerprint density at radius 2 is 2.00 bits per heavy atom. The van der Waals surface area contributed by atoms with Gasteiger partial charge in [0.15, 0.2) is 0 Å². The Bertz CT molecular complexity index is 530. The highest BCUT2D eigenvalue weighted by Gasteiger charge is 2.21. The Labute approximate surface area is 132 Å². The summed E-state index contributed by atoms with van der Waals surface area (Å²) in [7, 11) is 0. The van der Waals surface area contributed by atoms with E-state index in [1.54, 1.807) is 6.92 Å². The Morgan fingerprint density at radius 1 is 1.36 bits per heavy atom. The molecular formula is C16H27N5O. The zero-order valence-corrected chi connectivity index (χ0v) is 14.0. The molecule has 1 aliphatic heterocycles. The van der Waals surface area contributed by atoms with Gasteiger partial charge >= 0.3 is 0 Å². The Kier molecular flexibility index (Phi) is 4.88. The summed E-state index contributed by atoms with van der Waals surface area (Å²) >= 11 is 0. The molecule has 0 aliphatic carbocycles. The molecule has 1 aliphatic rings. The molecule has 2 rings (SSSR count). The summed E-state index contributed by atoms with van der Waals surface area (Å²) in [5.41, 5.74) is 6.76. The summed E-state index contributed by atoms with van der Waals surface area (Å²) in [5.74, 6) is 1.80. The van der Waals surface area contributed by atoms with E-state index < -0.39 is 0 Å². The second-order valence-electron chi connectivity index (χ2n) is 7.08. The predicted molar refractivity (Wildman–Crippen MR) is 88.6 cm³/mol. The summed E-state index contributed by atoms with van der Waals surface area (Å²) in [5, 5.41) is 3.31. The van der Waals surface area contributed by atoms with Crippen molar-refractivity contribution in [1.29, 1.82) is 0 Å². The molecule has 1 fully saturated rings. The van der Waals surface area contributed by atoms with E-state index in [4.69, 9.17) is 5.73 Å². The fourth-order valence-electron chi connectivity index (χ4n) is 2.62. The first-order chi connectivity index (χ1) is 10.3. The minimum atomic E-state index is -0.0552. The maximum atomic E-state index is 11.3. The van der Waals surface area contributed by atoms with Crippen LogP contribution in [0.15, 0.2) is 6.07 Å². The molecule has 0 spiro atoms. The van der Waals surface area contributed by atoms with Gasteiger partial charge in [-0.3, -0.25) is 4.79 Å². The predicted octanol–water partition coefficient (Wildman–Crippen LogP) is 2.03. The molecule has 0 bridgehead atoms. The number of carbonyl (C=O) groups is 1. The molecule has 0 radical (unpaired) electrons. The van der Waals surface area contributed by atoms with Crippen molar-refractivity contribution in [1.82, 2.24) is 14.9 Å². The van der Waals surface area contributed by atoms with Crippen molar-refractivity contribution in [3.63, 3.8) is 0 Å². The number of anilines is 2. The molecule has 22 heavy (non-hydrogen) atoms. The number of piperidine rings is 1. The third-order valence-electron chi connectivity index (χ3n) is 4.12. The molecule has 1 aromatic rings. The molecule has 2 heterocycles. The van der Waals surface area contributed by atoms with Crippen molar-refractivity contribution in [3.05, 3.63) is 11.8 Å². The van der Waals surface area contributed by atoms with Crippen LogP contribution in [0.5, 0.6) is 0 Å². The van der Waals surface area contributed by atoms with E-state index in [0.29, 0.717) is 17.7 Å². The van der Waals surface area contributed by atoms with Gasteiger partial charge in [0, 0.05) is 38.0 Å². The topological polar surface area (TPSA) is 84.1 Å². The van der Waals surface area contributed by atoms with Gasteiger partial charge in [0.25, 0.3) is 0 Å². The van der Waals surface area contributed by atoms with E-state index in [1.165, 1.54) is 0 Å². The number of nitrogens with zero attached hydrogens (tertiary/aromatic N) is 3. The van der Waals surface area contributed by atoms with Crippen LogP contribution < -0.4 is 11.1 Å². The standard InChI is InChI=1S/C16H27N5O/c1-11(22)21-7-5-12(6-8-21)10-18-15-19-13(16(2,3)4)9-14(17)20-15/h9,12H,5-8,10H2,1-4H3,(H3,17,18,19,20). The van der Waals surface area contributed by atoms with Crippen LogP contribution in [0, 0.1) is 5.92 Å². The molecule has 0 atom stereocenters. The van der Waals surface area contributed by atoms with Gasteiger partial charge in [-0.2, -0.15) is 4.98 Å². The van der Waals surface area contributed by atoms with E-state index in [9.17, 15) is 4.79 Å². The first kappa shape index (κ1) is 16.5. The maximum Gasteiger partial charge on any atom is 0.224 e. The van der Waals surface area contributed by atoms with E-state index in [0.717, 1.165) is 38.2 Å². The van der Waals surface area contributed by atoms with Crippen molar-refractivity contribution >= 4 is 17.7 Å². The number of carbonyl (C=O) groups excluding carboxylic acids is 1. The molecule has 0 saturated carbocycles. The molecule has 0 aromatic carbocycles. The lowest BCUT2D eigenvalue weighted by atomic mass is 9.92. The van der Waals surface area contributed by atoms with Crippen LogP contribution in [0.3, 0.4) is 0 Å². The van der Waals surface area contributed by atoms with Gasteiger partial charge in [-0.1, -0.05) is 20.8 Å². The zero-order chi connectivity index (χ0) is 16.3. The Hall–Kier alpha value is -1.85. The number of nitrogen functional groups attached to an aromatic ring is 1. The van der Waals surface area contributed by atoms with Gasteiger partial charge in [-0.25, -0.2) is 4.98 Å². The Morgan fingerprint density at radius 3 is 2.55 bits per heavy atom.